The number of fused-ring (bicyclic) bond motifs is 1. The Morgan fingerprint density at radius 3 is 2.48 bits per heavy atom. The summed E-state index contributed by atoms with van der Waals surface area (Å²) in [6.07, 6.45) is -1.09. The van der Waals surface area contributed by atoms with Gasteiger partial charge in [0.2, 0.25) is 0 Å². The lowest BCUT2D eigenvalue weighted by atomic mass is 9.87. The van der Waals surface area contributed by atoms with E-state index in [-0.39, 0.29) is 11.9 Å². The first-order valence-corrected chi connectivity index (χ1v) is 8.83. The van der Waals surface area contributed by atoms with Gasteiger partial charge in [-0.3, -0.25) is 0 Å². The number of hydrogen-bond donors (Lipinski definition) is 1. The Morgan fingerprint density at radius 1 is 1.19 bits per heavy atom. The second-order valence-corrected chi connectivity index (χ2v) is 7.82. The maximum atomic E-state index is 14.8. The minimum Gasteiger partial charge on any atom is -0.488 e. The van der Waals surface area contributed by atoms with Gasteiger partial charge in [0.15, 0.2) is 11.6 Å². The van der Waals surface area contributed by atoms with Crippen LogP contribution in [0.5, 0.6) is 5.75 Å². The van der Waals surface area contributed by atoms with Crippen LogP contribution < -0.4 is 10.5 Å². The van der Waals surface area contributed by atoms with E-state index < -0.39 is 29.2 Å². The van der Waals surface area contributed by atoms with E-state index in [2.05, 4.69) is 0 Å². The molecule has 144 valence electrons. The van der Waals surface area contributed by atoms with Crippen molar-refractivity contribution in [3.8, 4) is 16.9 Å². The second kappa shape index (κ2) is 6.83. The summed E-state index contributed by atoms with van der Waals surface area (Å²) in [7, 11) is 0. The van der Waals surface area contributed by atoms with Crippen LogP contribution in [0.2, 0.25) is 0 Å². The van der Waals surface area contributed by atoms with E-state index in [9.17, 15) is 13.6 Å². The largest absolute Gasteiger partial charge is 0.488 e. The zero-order valence-electron chi connectivity index (χ0n) is 15.8. The van der Waals surface area contributed by atoms with Gasteiger partial charge >= 0.3 is 6.09 Å². The highest BCUT2D eigenvalue weighted by molar-refractivity contribution is 5.69. The second-order valence-electron chi connectivity index (χ2n) is 7.82. The first kappa shape index (κ1) is 19.1. The molecule has 2 aromatic rings. The molecular weight excluding hydrogens is 352 g/mol. The van der Waals surface area contributed by atoms with Crippen LogP contribution in [0.25, 0.3) is 11.1 Å². The molecule has 0 bridgehead atoms. The van der Waals surface area contributed by atoms with E-state index in [4.69, 9.17) is 15.2 Å². The number of halogens is 2. The van der Waals surface area contributed by atoms with Gasteiger partial charge in [-0.2, -0.15) is 0 Å². The summed E-state index contributed by atoms with van der Waals surface area (Å²) in [6.45, 7) is 7.46. The van der Waals surface area contributed by atoms with Crippen molar-refractivity contribution in [2.24, 2.45) is 11.1 Å². The predicted octanol–water partition coefficient (Wildman–Crippen LogP) is 5.14. The molecular formula is C21H23F2NO3. The van der Waals surface area contributed by atoms with Crippen LogP contribution in [0.3, 0.4) is 0 Å². The molecule has 0 saturated carbocycles. The van der Waals surface area contributed by atoms with Crippen molar-refractivity contribution in [2.45, 2.75) is 46.3 Å². The van der Waals surface area contributed by atoms with Gasteiger partial charge in [0.05, 0.1) is 6.10 Å². The Morgan fingerprint density at radius 2 is 1.89 bits per heavy atom. The monoisotopic (exact) mass is 375 g/mol. The molecule has 1 atom stereocenters. The molecule has 0 spiro atoms. The Bertz CT molecular complexity index is 893. The highest BCUT2D eigenvalue weighted by Crippen LogP contribution is 2.49. The standard InChI is InChI=1S/C21H23F2NO3/c1-11(2)26-18-6-5-12(8-17(18)23)14-7-13-10-21(3,4)19(27-20(24)25)15(13)9-16(14)22/h5-9,11,19H,10H2,1-4H3,(H2,24,25)/t19-/m0/s1. The third-order valence-electron chi connectivity index (χ3n) is 4.71. The third kappa shape index (κ3) is 3.75. The highest BCUT2D eigenvalue weighted by Gasteiger charge is 2.42. The van der Waals surface area contributed by atoms with Gasteiger partial charge in [0.1, 0.15) is 11.9 Å². The van der Waals surface area contributed by atoms with Crippen molar-refractivity contribution in [2.75, 3.05) is 0 Å². The molecule has 0 fully saturated rings. The Hall–Kier alpha value is -2.63. The zero-order valence-corrected chi connectivity index (χ0v) is 15.8. The average Bonchev–Trinajstić information content (AvgIpc) is 2.78. The quantitative estimate of drug-likeness (QED) is 0.805. The number of ether oxygens (including phenoxy) is 2. The van der Waals surface area contributed by atoms with Crippen LogP contribution in [0, 0.1) is 17.0 Å². The number of primary amides is 1. The van der Waals surface area contributed by atoms with Crippen LogP contribution in [0.1, 0.15) is 44.9 Å². The van der Waals surface area contributed by atoms with E-state index >= 15 is 0 Å². The van der Waals surface area contributed by atoms with Crippen LogP contribution >= 0.6 is 0 Å². The fourth-order valence-electron chi connectivity index (χ4n) is 3.61. The molecule has 0 radical (unpaired) electrons. The van der Waals surface area contributed by atoms with Crippen LogP contribution in [0.15, 0.2) is 30.3 Å². The third-order valence-corrected chi connectivity index (χ3v) is 4.71. The minimum absolute atomic E-state index is 0.131. The number of hydrogen-bond acceptors (Lipinski definition) is 3. The highest BCUT2D eigenvalue weighted by atomic mass is 19.1. The van der Waals surface area contributed by atoms with E-state index in [0.717, 1.165) is 5.56 Å². The van der Waals surface area contributed by atoms with E-state index in [1.807, 2.05) is 13.8 Å². The van der Waals surface area contributed by atoms with Crippen molar-refractivity contribution < 1.29 is 23.0 Å². The lowest BCUT2D eigenvalue weighted by Crippen LogP contribution is -2.25. The summed E-state index contributed by atoms with van der Waals surface area (Å²) in [4.78, 5) is 11.2. The van der Waals surface area contributed by atoms with E-state index in [0.29, 0.717) is 23.1 Å². The van der Waals surface area contributed by atoms with E-state index in [1.165, 1.54) is 18.2 Å². The molecule has 27 heavy (non-hydrogen) atoms. The van der Waals surface area contributed by atoms with Gasteiger partial charge in [-0.15, -0.1) is 0 Å². The fourth-order valence-corrected chi connectivity index (χ4v) is 3.61. The summed E-state index contributed by atoms with van der Waals surface area (Å²) in [5, 5.41) is 0. The first-order valence-electron chi connectivity index (χ1n) is 8.83. The summed E-state index contributed by atoms with van der Waals surface area (Å²) < 4.78 is 39.7. The topological polar surface area (TPSA) is 61.6 Å². The molecule has 3 rings (SSSR count). The number of rotatable bonds is 4. The van der Waals surface area contributed by atoms with Crippen molar-refractivity contribution in [1.29, 1.82) is 0 Å². The summed E-state index contributed by atoms with van der Waals surface area (Å²) in [5.41, 5.74) is 6.91. The van der Waals surface area contributed by atoms with Gasteiger partial charge in [0, 0.05) is 11.0 Å². The number of benzene rings is 2. The summed E-state index contributed by atoms with van der Waals surface area (Å²) in [5.74, 6) is -0.927. The molecule has 1 aliphatic carbocycles. The smallest absolute Gasteiger partial charge is 0.405 e. The number of carbonyl (C=O) groups is 1. The minimum atomic E-state index is -0.895. The molecule has 0 heterocycles. The molecule has 0 saturated heterocycles. The lowest BCUT2D eigenvalue weighted by Gasteiger charge is -2.26. The van der Waals surface area contributed by atoms with Crippen molar-refractivity contribution in [3.05, 3.63) is 53.1 Å². The Balaban J connectivity index is 2.01. The average molecular weight is 375 g/mol. The molecule has 2 N–H and O–H groups in total. The van der Waals surface area contributed by atoms with Crippen LogP contribution in [-0.2, 0) is 11.2 Å². The predicted molar refractivity (Wildman–Crippen MR) is 98.5 cm³/mol. The molecule has 0 unspecified atom stereocenters. The van der Waals surface area contributed by atoms with Crippen molar-refractivity contribution in [3.63, 3.8) is 0 Å². The van der Waals surface area contributed by atoms with Gasteiger partial charge in [0.25, 0.3) is 0 Å². The Labute approximate surface area is 157 Å². The molecule has 0 aromatic heterocycles. The van der Waals surface area contributed by atoms with E-state index in [1.54, 1.807) is 26.0 Å². The molecule has 4 nitrogen and oxygen atoms in total. The maximum absolute atomic E-state index is 14.8. The van der Waals surface area contributed by atoms with Crippen molar-refractivity contribution in [1.82, 2.24) is 0 Å². The fraction of sp³-hybridized carbons (Fsp3) is 0.381. The number of amides is 1. The van der Waals surface area contributed by atoms with Gasteiger partial charge < -0.3 is 15.2 Å². The van der Waals surface area contributed by atoms with Gasteiger partial charge in [-0.25, -0.2) is 13.6 Å². The molecule has 0 aliphatic heterocycles. The summed E-state index contributed by atoms with van der Waals surface area (Å²) >= 11 is 0. The van der Waals surface area contributed by atoms with Gasteiger partial charge in [-0.05, 0) is 61.2 Å². The number of carbonyl (C=O) groups excluding carboxylic acids is 1. The molecule has 6 heteroatoms. The molecule has 1 amide bonds. The summed E-state index contributed by atoms with van der Waals surface area (Å²) in [6, 6.07) is 7.43. The van der Waals surface area contributed by atoms with Crippen LogP contribution in [0.4, 0.5) is 13.6 Å². The SMILES string of the molecule is CC(C)Oc1ccc(-c2cc3c(cc2F)[C@H](OC(N)=O)C(C)(C)C3)cc1F. The first-order chi connectivity index (χ1) is 12.6. The zero-order chi connectivity index (χ0) is 19.9. The maximum Gasteiger partial charge on any atom is 0.405 e. The molecule has 1 aliphatic rings. The lowest BCUT2D eigenvalue weighted by molar-refractivity contribution is 0.0391. The normalized spacial score (nSPS) is 17.7. The number of nitrogens with two attached hydrogens (primary N) is 1. The van der Waals surface area contributed by atoms with Gasteiger partial charge in [-0.1, -0.05) is 19.9 Å². The Kier molecular flexibility index (Phi) is 4.84. The van der Waals surface area contributed by atoms with Crippen LogP contribution in [-0.4, -0.2) is 12.2 Å². The van der Waals surface area contributed by atoms with Crippen molar-refractivity contribution >= 4 is 6.09 Å². The molecule has 2 aromatic carbocycles.